The molecule has 0 amide bonds. The van der Waals surface area contributed by atoms with E-state index in [-0.39, 0.29) is 40.4 Å². The van der Waals surface area contributed by atoms with Crippen molar-refractivity contribution in [1.82, 2.24) is 0 Å². The Kier molecular flexibility index (Phi) is 11.9. The van der Waals surface area contributed by atoms with Crippen LogP contribution >= 0.6 is 45.2 Å². The Labute approximate surface area is 413 Å². The molecule has 1 aliphatic heterocycles. The molecule has 0 aromatic heterocycles. The summed E-state index contributed by atoms with van der Waals surface area (Å²) in [6.45, 7) is 0. The maximum absolute atomic E-state index is 11.0. The summed E-state index contributed by atoms with van der Waals surface area (Å²) in [6.07, 6.45) is 0. The van der Waals surface area contributed by atoms with E-state index in [1.165, 1.54) is 3.57 Å². The highest BCUT2D eigenvalue weighted by Crippen LogP contribution is 2.53. The number of benzene rings is 10. The summed E-state index contributed by atoms with van der Waals surface area (Å²) >= 11 is 4.57. The van der Waals surface area contributed by atoms with Crippen molar-refractivity contribution in [2.75, 3.05) is 0 Å². The van der Waals surface area contributed by atoms with E-state index in [4.69, 9.17) is 4.74 Å². The standard InChI is InChI=1S/C31H23IO4.C27H17IO3/c32-24-9-1-21(2-10-24)31(27-17-22(7-15-29(27)35)19-3-11-25(33)12-4-19)28-18-23(8-16-30(28)36)20-5-13-26(34)14-6-20;28-18-7-1-17(2-8-18)25-26-21-13-19(29)9-3-15(21)5-11-23(26)31-24-12-6-16-4-10-20(30)14-22(16)27(24)25/h1-18,31,33-36H;1-14,25,29-30H. The van der Waals surface area contributed by atoms with Gasteiger partial charge in [-0.05, 0) is 209 Å². The number of phenolic OH excluding ortho intramolecular Hbond substituents is 6. The summed E-state index contributed by atoms with van der Waals surface area (Å²) in [4.78, 5) is 0. The first-order valence-electron chi connectivity index (χ1n) is 21.4. The van der Waals surface area contributed by atoms with Crippen molar-refractivity contribution >= 4 is 66.7 Å². The third-order valence-corrected chi connectivity index (χ3v) is 13.7. The van der Waals surface area contributed by atoms with E-state index in [0.29, 0.717) is 11.1 Å². The van der Waals surface area contributed by atoms with Gasteiger partial charge in [0.15, 0.2) is 0 Å². The van der Waals surface area contributed by atoms with Crippen molar-refractivity contribution in [3.63, 3.8) is 0 Å². The second-order valence-corrected chi connectivity index (χ2v) is 19.0. The molecule has 11 rings (SSSR count). The lowest BCUT2D eigenvalue weighted by Crippen LogP contribution is -2.13. The highest BCUT2D eigenvalue weighted by Gasteiger charge is 2.32. The summed E-state index contributed by atoms with van der Waals surface area (Å²) in [5.74, 6) is 2.08. The molecule has 0 radical (unpaired) electrons. The molecule has 0 bridgehead atoms. The second-order valence-electron chi connectivity index (χ2n) is 16.5. The highest BCUT2D eigenvalue weighted by atomic mass is 127. The molecule has 0 unspecified atom stereocenters. The van der Waals surface area contributed by atoms with Crippen LogP contribution in [-0.2, 0) is 0 Å². The van der Waals surface area contributed by atoms with Crippen LogP contribution in [0.2, 0.25) is 0 Å². The first-order chi connectivity index (χ1) is 32.5. The smallest absolute Gasteiger partial charge is 0.132 e. The fraction of sp³-hybridized carbons (Fsp3) is 0.0345. The van der Waals surface area contributed by atoms with Crippen LogP contribution < -0.4 is 4.74 Å². The van der Waals surface area contributed by atoms with E-state index in [0.717, 1.165) is 81.1 Å². The van der Waals surface area contributed by atoms with E-state index >= 15 is 0 Å². The summed E-state index contributed by atoms with van der Waals surface area (Å²) in [6, 6.07) is 60.2. The molecule has 328 valence electrons. The molecule has 0 atom stereocenters. The Morgan fingerprint density at radius 3 is 1.21 bits per heavy atom. The number of rotatable bonds is 6. The van der Waals surface area contributed by atoms with Crippen molar-refractivity contribution in [2.24, 2.45) is 0 Å². The molecular formula is C58H40I2O7. The number of fused-ring (bicyclic) bond motifs is 6. The molecule has 0 fully saturated rings. The van der Waals surface area contributed by atoms with Crippen LogP contribution in [0.1, 0.15) is 45.2 Å². The van der Waals surface area contributed by atoms with Gasteiger partial charge in [0.05, 0.1) is 0 Å². The molecule has 1 heterocycles. The second kappa shape index (κ2) is 18.2. The number of halogens is 2. The Morgan fingerprint density at radius 1 is 0.373 bits per heavy atom. The van der Waals surface area contributed by atoms with Gasteiger partial charge in [-0.3, -0.25) is 0 Å². The average Bonchev–Trinajstić information content (AvgIpc) is 3.33. The number of aromatic hydroxyl groups is 6. The molecule has 6 N–H and O–H groups in total. The Balaban J connectivity index is 0.000000158. The molecule has 0 aliphatic carbocycles. The quantitative estimate of drug-likeness (QED) is 0.0722. The molecule has 0 spiro atoms. The van der Waals surface area contributed by atoms with Gasteiger partial charge in [-0.2, -0.15) is 0 Å². The van der Waals surface area contributed by atoms with Gasteiger partial charge in [0.25, 0.3) is 0 Å². The average molecular weight is 1100 g/mol. The molecular weight excluding hydrogens is 1060 g/mol. The Morgan fingerprint density at radius 2 is 0.761 bits per heavy atom. The van der Waals surface area contributed by atoms with Crippen LogP contribution in [0.25, 0.3) is 43.8 Å². The molecule has 10 aromatic rings. The van der Waals surface area contributed by atoms with Crippen LogP contribution in [0.3, 0.4) is 0 Å². The zero-order chi connectivity index (χ0) is 46.3. The van der Waals surface area contributed by atoms with Crippen LogP contribution in [0.4, 0.5) is 0 Å². The van der Waals surface area contributed by atoms with E-state index in [1.54, 1.807) is 48.5 Å². The maximum atomic E-state index is 11.0. The third kappa shape index (κ3) is 8.80. The van der Waals surface area contributed by atoms with Crippen molar-refractivity contribution in [2.45, 2.75) is 11.8 Å². The number of phenols is 6. The fourth-order valence-electron chi connectivity index (χ4n) is 9.07. The minimum atomic E-state index is -0.448. The fourth-order valence-corrected chi connectivity index (χ4v) is 9.79. The summed E-state index contributed by atoms with van der Waals surface area (Å²) in [7, 11) is 0. The minimum Gasteiger partial charge on any atom is -0.508 e. The van der Waals surface area contributed by atoms with Crippen molar-refractivity contribution in [3.8, 4) is 68.2 Å². The normalized spacial score (nSPS) is 12.0. The van der Waals surface area contributed by atoms with Gasteiger partial charge in [0.2, 0.25) is 0 Å². The molecule has 9 heteroatoms. The predicted molar refractivity (Wildman–Crippen MR) is 282 cm³/mol. The topological polar surface area (TPSA) is 131 Å². The van der Waals surface area contributed by atoms with Gasteiger partial charge < -0.3 is 35.4 Å². The lowest BCUT2D eigenvalue weighted by Gasteiger charge is -2.31. The molecule has 0 saturated heterocycles. The van der Waals surface area contributed by atoms with E-state index in [2.05, 4.69) is 69.4 Å². The Hall–Kier alpha value is -7.22. The van der Waals surface area contributed by atoms with Gasteiger partial charge in [-0.15, -0.1) is 0 Å². The summed E-state index contributed by atoms with van der Waals surface area (Å²) < 4.78 is 8.63. The van der Waals surface area contributed by atoms with E-state index in [9.17, 15) is 30.6 Å². The predicted octanol–water partition coefficient (Wildman–Crippen LogP) is 14.9. The Bertz CT molecular complexity index is 3280. The third-order valence-electron chi connectivity index (χ3n) is 12.3. The zero-order valence-electron chi connectivity index (χ0n) is 35.5. The zero-order valence-corrected chi connectivity index (χ0v) is 39.8. The lowest BCUT2D eigenvalue weighted by molar-refractivity contribution is 0.455. The van der Waals surface area contributed by atoms with Gasteiger partial charge >= 0.3 is 0 Å². The molecule has 0 saturated carbocycles. The van der Waals surface area contributed by atoms with E-state index < -0.39 is 5.92 Å². The van der Waals surface area contributed by atoms with Gasteiger partial charge in [0, 0.05) is 41.2 Å². The van der Waals surface area contributed by atoms with Gasteiger partial charge in [0.1, 0.15) is 46.0 Å². The number of ether oxygens (including phenoxy) is 1. The van der Waals surface area contributed by atoms with E-state index in [1.807, 2.05) is 121 Å². The lowest BCUT2D eigenvalue weighted by atomic mass is 9.78. The molecule has 10 aromatic carbocycles. The van der Waals surface area contributed by atoms with Crippen LogP contribution in [0.5, 0.6) is 46.0 Å². The summed E-state index contributed by atoms with van der Waals surface area (Å²) in [5.41, 5.74) is 8.98. The highest BCUT2D eigenvalue weighted by molar-refractivity contribution is 14.1. The van der Waals surface area contributed by atoms with Gasteiger partial charge in [-0.1, -0.05) is 84.9 Å². The van der Waals surface area contributed by atoms with Crippen LogP contribution in [-0.4, -0.2) is 30.6 Å². The maximum Gasteiger partial charge on any atom is 0.132 e. The van der Waals surface area contributed by atoms with Gasteiger partial charge in [-0.25, -0.2) is 0 Å². The van der Waals surface area contributed by atoms with Crippen molar-refractivity contribution < 1.29 is 35.4 Å². The SMILES string of the molecule is Oc1ccc(-c2ccc(O)c(C(c3ccc(I)cc3)c3cc(-c4ccc(O)cc4)ccc3O)c2)cc1.Oc1ccc2ccc3c(c2c1)C(c1ccc(I)cc1)c1c(ccc2ccc(O)cc12)O3. The number of hydrogen-bond donors (Lipinski definition) is 6. The minimum absolute atomic E-state index is 0.105. The first-order valence-corrected chi connectivity index (χ1v) is 23.6. The van der Waals surface area contributed by atoms with Crippen molar-refractivity contribution in [1.29, 1.82) is 0 Å². The molecule has 1 aliphatic rings. The molecule has 67 heavy (non-hydrogen) atoms. The number of hydrogen-bond acceptors (Lipinski definition) is 7. The monoisotopic (exact) mass is 1100 g/mol. The molecule has 7 nitrogen and oxygen atoms in total. The van der Waals surface area contributed by atoms with Crippen LogP contribution in [0, 0.1) is 7.14 Å². The first kappa shape index (κ1) is 43.7. The largest absolute Gasteiger partial charge is 0.508 e. The summed E-state index contributed by atoms with van der Waals surface area (Å²) in [5, 5.41) is 66.0. The van der Waals surface area contributed by atoms with Crippen LogP contribution in [0.15, 0.2) is 194 Å². The van der Waals surface area contributed by atoms with Crippen molar-refractivity contribution in [3.05, 3.63) is 235 Å².